The Bertz CT molecular complexity index is 1970. The molecule has 2 amide bonds. The van der Waals surface area contributed by atoms with E-state index in [1.807, 2.05) is 0 Å². The number of thioether (sulfide) groups is 1. The van der Waals surface area contributed by atoms with E-state index >= 15 is 0 Å². The predicted molar refractivity (Wildman–Crippen MR) is 188 cm³/mol. The number of imidazole rings is 1. The Morgan fingerprint density at radius 3 is 2.28 bits per heavy atom. The molecule has 3 heterocycles. The number of aliphatic carboxylic acids is 1. The van der Waals surface area contributed by atoms with Crippen molar-refractivity contribution in [2.75, 3.05) is 37.8 Å². The number of carbonyl (C=O) groups excluding carboxylic acids is 3. The van der Waals surface area contributed by atoms with E-state index in [1.165, 1.54) is 20.8 Å². The zero-order valence-electron chi connectivity index (χ0n) is 33.7. The van der Waals surface area contributed by atoms with Crippen LogP contribution in [0.4, 0.5) is 5.82 Å². The first-order valence-electron chi connectivity index (χ1n) is 16.6. The minimum Gasteiger partial charge on any atom is -0.790 e. The number of carboxylic acids is 1. The molecule has 34 heteroatoms. The number of hydrogen-bond acceptors (Lipinski definition) is 23. The van der Waals surface area contributed by atoms with Crippen LogP contribution in [0.25, 0.3) is 11.2 Å². The van der Waals surface area contributed by atoms with Crippen LogP contribution in [0.2, 0.25) is 0 Å². The van der Waals surface area contributed by atoms with Crippen LogP contribution in [0, 0.1) is 5.41 Å². The number of nitrogens with zero attached hydrogens (tertiary/aromatic N) is 4. The maximum absolute atomic E-state index is 12.6. The Kier molecular flexibility index (Phi) is 25.8. The summed E-state index contributed by atoms with van der Waals surface area (Å²) in [4.78, 5) is 104. The van der Waals surface area contributed by atoms with Gasteiger partial charge in [0, 0.05) is 37.1 Å². The monoisotopic (exact) mass is 977 g/mol. The molecule has 1 fully saturated rings. The molecule has 0 aromatic carbocycles. The molecule has 328 valence electrons. The summed E-state index contributed by atoms with van der Waals surface area (Å²) < 4.78 is 60.8. The van der Waals surface area contributed by atoms with Gasteiger partial charge in [-0.25, -0.2) is 23.8 Å². The van der Waals surface area contributed by atoms with Crippen LogP contribution in [0.15, 0.2) is 12.7 Å². The molecule has 2 aromatic rings. The third-order valence-electron chi connectivity index (χ3n) is 7.81. The van der Waals surface area contributed by atoms with E-state index in [4.69, 9.17) is 15.6 Å². The number of nitrogens with one attached hydrogen (secondary N) is 2. The molecule has 27 nitrogen and oxygen atoms in total. The first-order valence-corrected chi connectivity index (χ1v) is 22.0. The van der Waals surface area contributed by atoms with Crippen molar-refractivity contribution in [2.24, 2.45) is 5.41 Å². The number of phosphoric acid groups is 3. The number of aromatic nitrogens is 4. The number of aliphatic hydroxyl groups excluding tert-OH is 2. The van der Waals surface area contributed by atoms with Crippen molar-refractivity contribution in [3.8, 4) is 0 Å². The van der Waals surface area contributed by atoms with Gasteiger partial charge in [0.2, 0.25) is 11.8 Å². The fourth-order valence-electron chi connectivity index (χ4n) is 5.03. The van der Waals surface area contributed by atoms with Crippen LogP contribution in [-0.4, -0.2) is 130 Å². The summed E-state index contributed by atoms with van der Waals surface area (Å²) >= 11 is 0.763. The number of nitrogen functional groups attached to an aromatic ring is 1. The second-order valence-corrected chi connectivity index (χ2v) is 18.7. The molecule has 0 saturated carbocycles. The summed E-state index contributed by atoms with van der Waals surface area (Å²) in [5, 5.41) is 44.3. The van der Waals surface area contributed by atoms with Gasteiger partial charge in [0.15, 0.2) is 22.8 Å². The van der Waals surface area contributed by atoms with Gasteiger partial charge >= 0.3 is 102 Å². The summed E-state index contributed by atoms with van der Waals surface area (Å²) in [6, 6.07) is 0. The second kappa shape index (κ2) is 25.8. The van der Waals surface area contributed by atoms with Crippen LogP contribution < -0.4 is 120 Å². The molecule has 3 rings (SSSR count). The number of rotatable bonds is 23. The minimum atomic E-state index is -5.85. The third-order valence-corrected chi connectivity index (χ3v) is 11.7. The Morgan fingerprint density at radius 2 is 1.67 bits per heavy atom. The van der Waals surface area contributed by atoms with Crippen molar-refractivity contribution in [2.45, 2.75) is 76.3 Å². The van der Waals surface area contributed by atoms with E-state index in [1.54, 1.807) is 0 Å². The van der Waals surface area contributed by atoms with Gasteiger partial charge in [-0.1, -0.05) is 25.6 Å². The van der Waals surface area contributed by atoms with E-state index in [9.17, 15) is 67.8 Å². The molecular formula is C27H41N7Na3O20P3S. The standard InChI is InChI=1S/C27H44N7O20P3S.3Na/c1-26(2,21(40)24(41)30-5-4-15(35)29-6-7-58-17(38)9-27(3,42)8-16(36)37)11-51-57(48,49)54-56(46,47)50-10-14-20(53-55(43,44)45)19(39)25(52-14)34-13-33-18-22(28)31-12-32-23(18)34;;;/h12-14,19-21,25,39-40,42H,4-11H2,1-3H3,(H,29,35)(H,30,41)(H,36,37)(H,46,47)(H,48,49)(H2,28,31,32)(H2,43,44,45);;;/q;3*+1/p-3/t14-,19+,20+,21+,25-,27?;;;/m1.../s1. The number of ether oxygens (including phenoxy) is 1. The molecule has 1 aliphatic heterocycles. The summed E-state index contributed by atoms with van der Waals surface area (Å²) in [6.07, 6.45) is -8.75. The third kappa shape index (κ3) is 20.2. The van der Waals surface area contributed by atoms with E-state index in [0.717, 1.165) is 29.0 Å². The van der Waals surface area contributed by atoms with E-state index < -0.39 is 114 Å². The van der Waals surface area contributed by atoms with Gasteiger partial charge < -0.3 is 74.7 Å². The maximum atomic E-state index is 12.6. The van der Waals surface area contributed by atoms with Crippen molar-refractivity contribution in [1.82, 2.24) is 30.2 Å². The van der Waals surface area contributed by atoms with Crippen LogP contribution in [0.3, 0.4) is 0 Å². The number of carboxylic acid groups (broad SMARTS) is 1. The molecule has 2 aromatic heterocycles. The molecule has 1 aliphatic rings. The molecule has 3 unspecified atom stereocenters. The Labute approximate surface area is 417 Å². The molecule has 9 N–H and O–H groups in total. The Balaban J connectivity index is 0.0000120. The predicted octanol–water partition coefficient (Wildman–Crippen LogP) is -12.6. The van der Waals surface area contributed by atoms with Crippen molar-refractivity contribution in [3.05, 3.63) is 12.7 Å². The van der Waals surface area contributed by atoms with Gasteiger partial charge in [-0.15, -0.1) is 0 Å². The van der Waals surface area contributed by atoms with E-state index in [2.05, 4.69) is 43.5 Å². The smallest absolute Gasteiger partial charge is 0.790 e. The van der Waals surface area contributed by atoms with Crippen molar-refractivity contribution >= 4 is 75.1 Å². The number of fused-ring (bicyclic) bond motifs is 1. The van der Waals surface area contributed by atoms with Gasteiger partial charge in [0.25, 0.3) is 7.82 Å². The SMILES string of the molecule is CC(O)(CC(=O)O)CC(=O)SCCNC(=O)CCNC(=O)[C@H](O)C(C)(C)COP(=O)([O-])OP(=O)(O)OC[C@H]1O[C@@H](n2cnc3c(N)ncnc32)[C@@H](O)[C@H]1OP(=O)([O-])[O-].[Na+].[Na+].[Na+]. The number of carbonyl (C=O) groups is 4. The van der Waals surface area contributed by atoms with Crippen molar-refractivity contribution in [1.29, 1.82) is 0 Å². The zero-order valence-corrected chi connectivity index (χ0v) is 43.2. The molecule has 0 spiro atoms. The largest absolute Gasteiger partial charge is 1.00 e. The number of anilines is 1. The van der Waals surface area contributed by atoms with E-state index in [-0.39, 0.29) is 131 Å². The Hall–Kier alpha value is -0.0100. The second-order valence-electron chi connectivity index (χ2n) is 13.5. The molecule has 1 saturated heterocycles. The molecule has 0 aliphatic carbocycles. The van der Waals surface area contributed by atoms with Crippen molar-refractivity contribution in [3.63, 3.8) is 0 Å². The van der Waals surface area contributed by atoms with Crippen LogP contribution in [-0.2, 0) is 55.5 Å². The summed E-state index contributed by atoms with van der Waals surface area (Å²) in [7, 11) is -17.4. The molecule has 0 bridgehead atoms. The fourth-order valence-corrected chi connectivity index (χ4v) is 8.65. The van der Waals surface area contributed by atoms with Gasteiger partial charge in [-0.2, -0.15) is 0 Å². The van der Waals surface area contributed by atoms with Gasteiger partial charge in [-0.3, -0.25) is 32.8 Å². The Morgan fingerprint density at radius 1 is 1.03 bits per heavy atom. The quantitative estimate of drug-likeness (QED) is 0.0291. The molecular weight excluding hydrogens is 936 g/mol. The summed E-state index contributed by atoms with van der Waals surface area (Å²) in [6.45, 7) is 1.02. The molecule has 0 radical (unpaired) electrons. The topological polar surface area (TPSA) is 430 Å². The fraction of sp³-hybridized carbons (Fsp3) is 0.667. The van der Waals surface area contributed by atoms with Gasteiger partial charge in [0.1, 0.15) is 36.3 Å². The summed E-state index contributed by atoms with van der Waals surface area (Å²) in [5.41, 5.74) is 2.29. The number of nitrogens with two attached hydrogens (primary N) is 1. The number of amides is 2. The number of aliphatic hydroxyl groups is 3. The maximum Gasteiger partial charge on any atom is 1.00 e. The van der Waals surface area contributed by atoms with Crippen molar-refractivity contribution < 1.29 is 184 Å². The van der Waals surface area contributed by atoms with Crippen LogP contribution in [0.1, 0.15) is 46.3 Å². The summed E-state index contributed by atoms with van der Waals surface area (Å²) in [5.74, 6) is -2.89. The van der Waals surface area contributed by atoms with Crippen LogP contribution >= 0.6 is 35.2 Å². The normalized spacial score (nSPS) is 21.3. The van der Waals surface area contributed by atoms with Crippen LogP contribution in [0.5, 0.6) is 0 Å². The first kappa shape index (κ1) is 61.0. The number of phosphoric ester groups is 3. The average molecular weight is 978 g/mol. The van der Waals surface area contributed by atoms with Gasteiger partial charge in [0.05, 0.1) is 39.4 Å². The zero-order chi connectivity index (χ0) is 43.9. The average Bonchev–Trinajstić information content (AvgIpc) is 3.63. The van der Waals surface area contributed by atoms with E-state index in [0.29, 0.717) is 0 Å². The molecule has 61 heavy (non-hydrogen) atoms. The first-order chi connectivity index (χ1) is 26.6. The number of hydrogen-bond donors (Lipinski definition) is 8. The van der Waals surface area contributed by atoms with Gasteiger partial charge in [-0.05, 0) is 6.92 Å². The molecule has 8 atom stereocenters. The minimum absolute atomic E-state index is 0.